The van der Waals surface area contributed by atoms with Crippen LogP contribution in [0.2, 0.25) is 0 Å². The van der Waals surface area contributed by atoms with Gasteiger partial charge >= 0.3 is 5.97 Å². The molecule has 0 bridgehead atoms. The minimum absolute atomic E-state index is 0.110. The van der Waals surface area contributed by atoms with Crippen molar-refractivity contribution < 1.29 is 17.9 Å². The molecule has 0 amide bonds. The van der Waals surface area contributed by atoms with Crippen molar-refractivity contribution in [2.24, 2.45) is 0 Å². The molecule has 2 aromatic rings. The van der Waals surface area contributed by atoms with Gasteiger partial charge in [-0.3, -0.25) is 0 Å². The fourth-order valence-electron chi connectivity index (χ4n) is 2.09. The minimum atomic E-state index is -3.65. The lowest BCUT2D eigenvalue weighted by molar-refractivity contribution is -0.138. The fourth-order valence-corrected chi connectivity index (χ4v) is 3.11. The van der Waals surface area contributed by atoms with Crippen LogP contribution in [0.3, 0.4) is 0 Å². The number of nitriles is 1. The molecule has 0 aliphatic heterocycles. The zero-order valence-corrected chi connectivity index (χ0v) is 15.5. The van der Waals surface area contributed by atoms with Gasteiger partial charge in [0.25, 0.3) is 0 Å². The minimum Gasteiger partial charge on any atom is -0.462 e. The first-order valence-corrected chi connectivity index (χ1v) is 9.62. The number of hydrogen-bond donors (Lipinski definition) is 2. The van der Waals surface area contributed by atoms with Crippen LogP contribution in [0.25, 0.3) is 0 Å². The molecule has 0 heterocycles. The van der Waals surface area contributed by atoms with Gasteiger partial charge in [-0.05, 0) is 36.8 Å². The Labute approximate surface area is 158 Å². The molecule has 0 aromatic heterocycles. The van der Waals surface area contributed by atoms with Crippen LogP contribution in [0.15, 0.2) is 71.3 Å². The molecule has 0 spiro atoms. The smallest absolute Gasteiger partial charge is 0.350 e. The second-order valence-electron chi connectivity index (χ2n) is 5.37. The first kappa shape index (κ1) is 20.2. The quantitative estimate of drug-likeness (QED) is 0.411. The zero-order valence-electron chi connectivity index (χ0n) is 14.7. The summed E-state index contributed by atoms with van der Waals surface area (Å²) in [5.41, 5.74) is 1.19. The molecule has 8 heteroatoms. The van der Waals surface area contributed by atoms with Gasteiger partial charge in [0, 0.05) is 18.4 Å². The van der Waals surface area contributed by atoms with Crippen molar-refractivity contribution in [3.63, 3.8) is 0 Å². The van der Waals surface area contributed by atoms with Gasteiger partial charge in [0.15, 0.2) is 5.57 Å². The Morgan fingerprint density at radius 2 is 1.81 bits per heavy atom. The summed E-state index contributed by atoms with van der Waals surface area (Å²) < 4.78 is 32.0. The van der Waals surface area contributed by atoms with E-state index >= 15 is 0 Å². The molecular formula is C19H19N3O4S. The highest BCUT2D eigenvalue weighted by atomic mass is 32.2. The molecule has 0 atom stereocenters. The van der Waals surface area contributed by atoms with Gasteiger partial charge in [-0.15, -0.1) is 0 Å². The van der Waals surface area contributed by atoms with Crippen molar-refractivity contribution in [3.8, 4) is 6.07 Å². The highest BCUT2D eigenvalue weighted by molar-refractivity contribution is 7.89. The molecule has 0 aliphatic rings. The zero-order chi connectivity index (χ0) is 19.7. The molecule has 7 nitrogen and oxygen atoms in total. The maximum atomic E-state index is 12.3. The number of esters is 1. The SMILES string of the molecule is CCOC(=O)/C(C#N)=C/Nc1ccc(S(=O)(=O)NCc2ccccc2)cc1. The highest BCUT2D eigenvalue weighted by Gasteiger charge is 2.13. The van der Waals surface area contributed by atoms with Crippen molar-refractivity contribution in [1.82, 2.24) is 4.72 Å². The van der Waals surface area contributed by atoms with E-state index in [0.29, 0.717) is 5.69 Å². The summed E-state index contributed by atoms with van der Waals surface area (Å²) in [5.74, 6) is -0.725. The molecule has 2 N–H and O–H groups in total. The molecule has 0 radical (unpaired) electrons. The monoisotopic (exact) mass is 385 g/mol. The van der Waals surface area contributed by atoms with Crippen molar-refractivity contribution >= 4 is 21.7 Å². The van der Waals surface area contributed by atoms with Gasteiger partial charge in [0.1, 0.15) is 6.07 Å². The Morgan fingerprint density at radius 1 is 1.15 bits per heavy atom. The van der Waals surface area contributed by atoms with Gasteiger partial charge in [-0.1, -0.05) is 30.3 Å². The molecule has 0 saturated heterocycles. The normalized spacial score (nSPS) is 11.5. The van der Waals surface area contributed by atoms with Crippen molar-refractivity contribution in [2.75, 3.05) is 11.9 Å². The van der Waals surface area contributed by atoms with E-state index < -0.39 is 16.0 Å². The van der Waals surface area contributed by atoms with Crippen LogP contribution in [0.1, 0.15) is 12.5 Å². The number of sulfonamides is 1. The van der Waals surface area contributed by atoms with Gasteiger partial charge in [0.05, 0.1) is 11.5 Å². The Hall–Kier alpha value is -3.15. The summed E-state index contributed by atoms with van der Waals surface area (Å²) in [5, 5.41) is 11.7. The number of nitrogens with one attached hydrogen (secondary N) is 2. The van der Waals surface area contributed by atoms with E-state index in [2.05, 4.69) is 10.0 Å². The Morgan fingerprint density at radius 3 is 2.41 bits per heavy atom. The van der Waals surface area contributed by atoms with E-state index in [0.717, 1.165) is 5.56 Å². The number of anilines is 1. The summed E-state index contributed by atoms with van der Waals surface area (Å²) >= 11 is 0. The third-order valence-corrected chi connectivity index (χ3v) is 4.89. The standard InChI is InChI=1S/C19H19N3O4S/c1-2-26-19(23)16(12-20)14-21-17-8-10-18(11-9-17)27(24,25)22-13-15-6-4-3-5-7-15/h3-11,14,21-22H,2,13H2,1H3/b16-14+. The van der Waals surface area contributed by atoms with Crippen molar-refractivity contribution in [3.05, 3.63) is 71.9 Å². The molecule has 2 aromatic carbocycles. The maximum absolute atomic E-state index is 12.3. The fraction of sp³-hybridized carbons (Fsp3) is 0.158. The number of ether oxygens (including phenoxy) is 1. The largest absolute Gasteiger partial charge is 0.462 e. The summed E-state index contributed by atoms with van der Waals surface area (Å²) in [6.45, 7) is 2.00. The second kappa shape index (κ2) is 9.52. The van der Waals surface area contributed by atoms with Gasteiger partial charge in [-0.25, -0.2) is 17.9 Å². The molecular weight excluding hydrogens is 366 g/mol. The van der Waals surface area contributed by atoms with E-state index in [1.54, 1.807) is 13.0 Å². The van der Waals surface area contributed by atoms with Gasteiger partial charge in [0.2, 0.25) is 10.0 Å². The number of carbonyl (C=O) groups is 1. The number of rotatable bonds is 8. The molecule has 27 heavy (non-hydrogen) atoms. The lowest BCUT2D eigenvalue weighted by atomic mass is 10.2. The van der Waals surface area contributed by atoms with E-state index in [1.165, 1.54) is 30.5 Å². The van der Waals surface area contributed by atoms with Crippen molar-refractivity contribution in [1.29, 1.82) is 5.26 Å². The van der Waals surface area contributed by atoms with Gasteiger partial charge in [-0.2, -0.15) is 5.26 Å². The molecule has 0 unspecified atom stereocenters. The Kier molecular flexibility index (Phi) is 7.11. The molecule has 0 saturated carbocycles. The van der Waals surface area contributed by atoms with Crippen LogP contribution in [-0.2, 0) is 26.1 Å². The summed E-state index contributed by atoms with van der Waals surface area (Å²) in [6, 6.07) is 16.9. The molecule has 0 fully saturated rings. The summed E-state index contributed by atoms with van der Waals surface area (Å²) in [7, 11) is -3.65. The highest BCUT2D eigenvalue weighted by Crippen LogP contribution is 2.15. The number of hydrogen-bond acceptors (Lipinski definition) is 6. The first-order valence-electron chi connectivity index (χ1n) is 8.14. The second-order valence-corrected chi connectivity index (χ2v) is 7.14. The lowest BCUT2D eigenvalue weighted by Crippen LogP contribution is -2.23. The van der Waals surface area contributed by atoms with E-state index in [9.17, 15) is 13.2 Å². The molecule has 0 aliphatic carbocycles. The topological polar surface area (TPSA) is 108 Å². The van der Waals surface area contributed by atoms with Crippen LogP contribution in [0.5, 0.6) is 0 Å². The number of carbonyl (C=O) groups excluding carboxylic acids is 1. The van der Waals surface area contributed by atoms with Gasteiger partial charge < -0.3 is 10.1 Å². The van der Waals surface area contributed by atoms with E-state index in [1.807, 2.05) is 30.3 Å². The molecule has 140 valence electrons. The predicted molar refractivity (Wildman–Crippen MR) is 101 cm³/mol. The third kappa shape index (κ3) is 5.95. The summed E-state index contributed by atoms with van der Waals surface area (Å²) in [6.07, 6.45) is 1.22. The lowest BCUT2D eigenvalue weighted by Gasteiger charge is -2.08. The van der Waals surface area contributed by atoms with Crippen LogP contribution in [0.4, 0.5) is 5.69 Å². The van der Waals surface area contributed by atoms with Crippen molar-refractivity contribution in [2.45, 2.75) is 18.4 Å². The van der Waals surface area contributed by atoms with Crippen LogP contribution >= 0.6 is 0 Å². The van der Waals surface area contributed by atoms with Crippen LogP contribution in [-0.4, -0.2) is 21.0 Å². The van der Waals surface area contributed by atoms with E-state index in [-0.39, 0.29) is 23.6 Å². The predicted octanol–water partition coefficient (Wildman–Crippen LogP) is 2.55. The first-order chi connectivity index (χ1) is 13.0. The summed E-state index contributed by atoms with van der Waals surface area (Å²) in [4.78, 5) is 11.6. The maximum Gasteiger partial charge on any atom is 0.350 e. The third-order valence-electron chi connectivity index (χ3n) is 3.47. The number of nitrogens with zero attached hydrogens (tertiary/aromatic N) is 1. The van der Waals surface area contributed by atoms with E-state index in [4.69, 9.17) is 10.00 Å². The Bertz CT molecular complexity index is 947. The molecule has 2 rings (SSSR count). The average Bonchev–Trinajstić information content (AvgIpc) is 2.68. The van der Waals surface area contributed by atoms with Crippen LogP contribution < -0.4 is 10.0 Å². The van der Waals surface area contributed by atoms with Crippen LogP contribution in [0, 0.1) is 11.3 Å². The average molecular weight is 385 g/mol. The Balaban J connectivity index is 2.03. The number of benzene rings is 2.